The Morgan fingerprint density at radius 2 is 2.32 bits per heavy atom. The third kappa shape index (κ3) is 3.30. The van der Waals surface area contributed by atoms with Crippen molar-refractivity contribution < 1.29 is 14.3 Å². The van der Waals surface area contributed by atoms with Gasteiger partial charge >= 0.3 is 5.97 Å². The highest BCUT2D eigenvalue weighted by atomic mass is 35.5. The third-order valence-corrected chi connectivity index (χ3v) is 3.79. The highest BCUT2D eigenvalue weighted by molar-refractivity contribution is 8.00. The molecule has 19 heavy (non-hydrogen) atoms. The van der Waals surface area contributed by atoms with Gasteiger partial charge in [-0.3, -0.25) is 4.79 Å². The standard InChI is InChI=1S/C13H12ClNO3S/c1-7(14)6-18-13(17)9-3-4-11-10(5-9)15-12(16)8(2)19-11/h3-5,8H,1,6H2,2H3,(H,15,16). The summed E-state index contributed by atoms with van der Waals surface area (Å²) in [5.74, 6) is -0.570. The Bertz CT molecular complexity index is 559. The van der Waals surface area contributed by atoms with Gasteiger partial charge in [-0.25, -0.2) is 4.79 Å². The number of halogens is 1. The molecule has 1 amide bonds. The smallest absolute Gasteiger partial charge is 0.338 e. The molecule has 0 spiro atoms. The van der Waals surface area contributed by atoms with E-state index in [-0.39, 0.29) is 22.8 Å². The van der Waals surface area contributed by atoms with Crippen LogP contribution in [0.15, 0.2) is 34.7 Å². The van der Waals surface area contributed by atoms with E-state index in [1.54, 1.807) is 18.2 Å². The second-order valence-electron chi connectivity index (χ2n) is 4.05. The van der Waals surface area contributed by atoms with Gasteiger partial charge in [-0.05, 0) is 25.1 Å². The fourth-order valence-electron chi connectivity index (χ4n) is 1.56. The number of rotatable bonds is 3. The lowest BCUT2D eigenvalue weighted by Crippen LogP contribution is -2.26. The SMILES string of the molecule is C=C(Cl)COC(=O)c1ccc2c(c1)NC(=O)C(C)S2. The second-order valence-corrected chi connectivity index (χ2v) is 5.97. The van der Waals surface area contributed by atoms with Crippen molar-refractivity contribution in [3.8, 4) is 0 Å². The number of fused-ring (bicyclic) bond motifs is 1. The predicted molar refractivity (Wildman–Crippen MR) is 75.7 cm³/mol. The van der Waals surface area contributed by atoms with Crippen molar-refractivity contribution in [1.82, 2.24) is 0 Å². The molecule has 0 fully saturated rings. The van der Waals surface area contributed by atoms with Crippen molar-refractivity contribution in [2.24, 2.45) is 0 Å². The van der Waals surface area contributed by atoms with Crippen molar-refractivity contribution in [2.75, 3.05) is 11.9 Å². The number of carbonyl (C=O) groups is 2. The summed E-state index contributed by atoms with van der Waals surface area (Å²) in [7, 11) is 0. The summed E-state index contributed by atoms with van der Waals surface area (Å²) < 4.78 is 4.94. The van der Waals surface area contributed by atoms with E-state index in [4.69, 9.17) is 16.3 Å². The molecule has 1 heterocycles. The van der Waals surface area contributed by atoms with Crippen molar-refractivity contribution in [2.45, 2.75) is 17.1 Å². The van der Waals surface area contributed by atoms with Gasteiger partial charge in [0.25, 0.3) is 0 Å². The average molecular weight is 298 g/mol. The maximum absolute atomic E-state index is 11.7. The quantitative estimate of drug-likeness (QED) is 0.871. The van der Waals surface area contributed by atoms with Gasteiger partial charge < -0.3 is 10.1 Å². The number of carbonyl (C=O) groups excluding carboxylic acids is 2. The molecular formula is C13H12ClNO3S. The minimum Gasteiger partial charge on any atom is -0.456 e. The number of thioether (sulfide) groups is 1. The summed E-state index contributed by atoms with van der Waals surface area (Å²) in [6.07, 6.45) is 0. The molecule has 1 unspecified atom stereocenters. The molecule has 0 aromatic heterocycles. The zero-order chi connectivity index (χ0) is 14.0. The Morgan fingerprint density at radius 3 is 3.00 bits per heavy atom. The molecule has 2 rings (SSSR count). The number of nitrogens with one attached hydrogen (secondary N) is 1. The number of ether oxygens (including phenoxy) is 1. The predicted octanol–water partition coefficient (Wildman–Crippen LogP) is 3.03. The first-order chi connectivity index (χ1) is 8.97. The van der Waals surface area contributed by atoms with E-state index >= 15 is 0 Å². The first kappa shape index (κ1) is 14.0. The lowest BCUT2D eigenvalue weighted by molar-refractivity contribution is -0.115. The van der Waals surface area contributed by atoms with Gasteiger partial charge in [-0.15, -0.1) is 11.8 Å². The van der Waals surface area contributed by atoms with E-state index in [1.807, 2.05) is 6.92 Å². The van der Waals surface area contributed by atoms with Crippen molar-refractivity contribution in [1.29, 1.82) is 0 Å². The molecular weight excluding hydrogens is 286 g/mol. The van der Waals surface area contributed by atoms with E-state index in [0.717, 1.165) is 4.90 Å². The largest absolute Gasteiger partial charge is 0.456 e. The molecule has 1 aromatic rings. The molecule has 1 aromatic carbocycles. The van der Waals surface area contributed by atoms with E-state index in [9.17, 15) is 9.59 Å². The van der Waals surface area contributed by atoms with Crippen LogP contribution in [0.3, 0.4) is 0 Å². The Balaban J connectivity index is 2.17. The Kier molecular flexibility index (Phi) is 4.17. The zero-order valence-corrected chi connectivity index (χ0v) is 11.8. The first-order valence-corrected chi connectivity index (χ1v) is 6.85. The number of hydrogen-bond acceptors (Lipinski definition) is 4. The summed E-state index contributed by atoms with van der Waals surface area (Å²) in [5.41, 5.74) is 0.999. The van der Waals surface area contributed by atoms with Gasteiger partial charge in [0.05, 0.1) is 16.5 Å². The molecule has 0 bridgehead atoms. The van der Waals surface area contributed by atoms with Gasteiger partial charge in [0.2, 0.25) is 5.91 Å². The fourth-order valence-corrected chi connectivity index (χ4v) is 2.55. The van der Waals surface area contributed by atoms with Crippen LogP contribution in [-0.2, 0) is 9.53 Å². The molecule has 0 aliphatic carbocycles. The molecule has 100 valence electrons. The Labute approximate surface area is 120 Å². The van der Waals surface area contributed by atoms with Crippen LogP contribution < -0.4 is 5.32 Å². The molecule has 1 N–H and O–H groups in total. The van der Waals surface area contributed by atoms with E-state index in [1.165, 1.54) is 11.8 Å². The molecule has 1 atom stereocenters. The van der Waals surface area contributed by atoms with Gasteiger partial charge in [0.15, 0.2) is 0 Å². The molecule has 1 aliphatic heterocycles. The van der Waals surface area contributed by atoms with Crippen LogP contribution in [0.4, 0.5) is 5.69 Å². The van der Waals surface area contributed by atoms with Gasteiger partial charge in [0.1, 0.15) is 6.61 Å². The highest BCUT2D eigenvalue weighted by Crippen LogP contribution is 2.35. The molecule has 0 saturated carbocycles. The fraction of sp³-hybridized carbons (Fsp3) is 0.231. The molecule has 0 saturated heterocycles. The number of hydrogen-bond donors (Lipinski definition) is 1. The topological polar surface area (TPSA) is 55.4 Å². The lowest BCUT2D eigenvalue weighted by atomic mass is 10.2. The summed E-state index contributed by atoms with van der Waals surface area (Å²) in [6, 6.07) is 5.06. The molecule has 1 aliphatic rings. The van der Waals surface area contributed by atoms with Crippen LogP contribution in [0.5, 0.6) is 0 Å². The lowest BCUT2D eigenvalue weighted by Gasteiger charge is -2.21. The second kappa shape index (κ2) is 5.67. The van der Waals surface area contributed by atoms with Crippen molar-refractivity contribution >= 4 is 40.9 Å². The van der Waals surface area contributed by atoms with Gasteiger partial charge in [-0.1, -0.05) is 18.2 Å². The summed E-state index contributed by atoms with van der Waals surface area (Å²) in [6.45, 7) is 5.24. The average Bonchev–Trinajstić information content (AvgIpc) is 2.36. The van der Waals surface area contributed by atoms with Crippen molar-refractivity contribution in [3.63, 3.8) is 0 Å². The Hall–Kier alpha value is -1.46. The number of amides is 1. The van der Waals surface area contributed by atoms with Crippen LogP contribution in [0, 0.1) is 0 Å². The van der Waals surface area contributed by atoms with E-state index in [2.05, 4.69) is 11.9 Å². The Morgan fingerprint density at radius 1 is 1.58 bits per heavy atom. The van der Waals surface area contributed by atoms with Gasteiger partial charge in [0, 0.05) is 9.93 Å². The van der Waals surface area contributed by atoms with Gasteiger partial charge in [-0.2, -0.15) is 0 Å². The molecule has 4 nitrogen and oxygen atoms in total. The highest BCUT2D eigenvalue weighted by Gasteiger charge is 2.23. The van der Waals surface area contributed by atoms with Crippen LogP contribution in [0.25, 0.3) is 0 Å². The maximum Gasteiger partial charge on any atom is 0.338 e. The van der Waals surface area contributed by atoms with Crippen molar-refractivity contribution in [3.05, 3.63) is 35.4 Å². The maximum atomic E-state index is 11.7. The van der Waals surface area contributed by atoms with Crippen LogP contribution in [0.1, 0.15) is 17.3 Å². The summed E-state index contributed by atoms with van der Waals surface area (Å²) in [5, 5.41) is 2.88. The first-order valence-electron chi connectivity index (χ1n) is 5.59. The monoisotopic (exact) mass is 297 g/mol. The van der Waals surface area contributed by atoms with Crippen LogP contribution >= 0.6 is 23.4 Å². The number of esters is 1. The minimum absolute atomic E-state index is 0.0321. The van der Waals surface area contributed by atoms with E-state index < -0.39 is 5.97 Å². The normalized spacial score (nSPS) is 17.4. The van der Waals surface area contributed by atoms with Crippen LogP contribution in [0.2, 0.25) is 0 Å². The number of anilines is 1. The van der Waals surface area contributed by atoms with E-state index in [0.29, 0.717) is 11.3 Å². The summed E-state index contributed by atoms with van der Waals surface area (Å²) in [4.78, 5) is 24.3. The molecule has 0 radical (unpaired) electrons. The van der Waals surface area contributed by atoms with Crippen LogP contribution in [-0.4, -0.2) is 23.7 Å². The zero-order valence-electron chi connectivity index (χ0n) is 10.2. The third-order valence-electron chi connectivity index (χ3n) is 2.51. The summed E-state index contributed by atoms with van der Waals surface area (Å²) >= 11 is 6.99. The number of benzene rings is 1. The minimum atomic E-state index is -0.498. The molecule has 6 heteroatoms.